The molecule has 6 nitrogen and oxygen atoms in total. The summed E-state index contributed by atoms with van der Waals surface area (Å²) in [7, 11) is 0. The molecule has 1 aliphatic carbocycles. The minimum absolute atomic E-state index is 0.0395. The van der Waals surface area contributed by atoms with Crippen molar-refractivity contribution in [2.75, 3.05) is 5.32 Å². The van der Waals surface area contributed by atoms with E-state index in [4.69, 9.17) is 0 Å². The molecule has 2 atom stereocenters. The zero-order valence-corrected chi connectivity index (χ0v) is 16.3. The van der Waals surface area contributed by atoms with Gasteiger partial charge in [0.15, 0.2) is 5.78 Å². The van der Waals surface area contributed by atoms with Gasteiger partial charge in [-0.3, -0.25) is 19.6 Å². The average Bonchev–Trinajstić information content (AvgIpc) is 3.44. The van der Waals surface area contributed by atoms with Crippen LogP contribution >= 0.6 is 0 Å². The van der Waals surface area contributed by atoms with Gasteiger partial charge in [0.25, 0.3) is 0 Å². The van der Waals surface area contributed by atoms with Gasteiger partial charge >= 0.3 is 0 Å². The number of rotatable bonds is 6. The Labute approximate surface area is 167 Å². The Bertz CT molecular complexity index is 1120. The molecule has 0 aliphatic heterocycles. The first-order chi connectivity index (χ1) is 14.0. The Balaban J connectivity index is 1.58. The van der Waals surface area contributed by atoms with E-state index in [-0.39, 0.29) is 18.1 Å². The molecule has 0 saturated heterocycles. The van der Waals surface area contributed by atoms with Crippen molar-refractivity contribution in [1.82, 2.24) is 15.0 Å². The third-order valence-corrected chi connectivity index (χ3v) is 5.05. The zero-order valence-electron chi connectivity index (χ0n) is 16.3. The first-order valence-corrected chi connectivity index (χ1v) is 9.67. The molecule has 3 aromatic rings. The molecule has 3 heterocycles. The lowest BCUT2D eigenvalue weighted by Gasteiger charge is -2.09. The molecule has 4 rings (SSSR count). The van der Waals surface area contributed by atoms with Crippen LogP contribution in [0.15, 0.2) is 36.8 Å². The molecule has 0 aromatic carbocycles. The summed E-state index contributed by atoms with van der Waals surface area (Å²) >= 11 is 0. The number of fused-ring (bicyclic) bond motifs is 1. The summed E-state index contributed by atoms with van der Waals surface area (Å²) in [6.45, 7) is 3.89. The Morgan fingerprint density at radius 3 is 2.52 bits per heavy atom. The number of aryl methyl sites for hydroxylation is 1. The summed E-state index contributed by atoms with van der Waals surface area (Å²) in [5, 5.41) is 4.32. The number of amides is 1. The van der Waals surface area contributed by atoms with Crippen molar-refractivity contribution < 1.29 is 14.0 Å². The van der Waals surface area contributed by atoms with Crippen molar-refractivity contribution >= 4 is 28.3 Å². The molecule has 7 heteroatoms. The smallest absolute Gasteiger partial charge is 0.231 e. The normalized spacial score (nSPS) is 17.9. The molecule has 29 heavy (non-hydrogen) atoms. The van der Waals surface area contributed by atoms with Crippen LogP contribution in [0, 0.1) is 12.8 Å². The second kappa shape index (κ2) is 7.66. The van der Waals surface area contributed by atoms with Crippen LogP contribution in [0.4, 0.5) is 10.2 Å². The number of ketones is 1. The first kappa shape index (κ1) is 19.1. The van der Waals surface area contributed by atoms with Gasteiger partial charge in [-0.05, 0) is 43.5 Å². The van der Waals surface area contributed by atoms with Crippen LogP contribution in [-0.4, -0.2) is 32.8 Å². The van der Waals surface area contributed by atoms with Crippen molar-refractivity contribution in [3.05, 3.63) is 48.0 Å². The highest BCUT2D eigenvalue weighted by atomic mass is 19.1. The van der Waals surface area contributed by atoms with E-state index in [0.29, 0.717) is 17.9 Å². The lowest BCUT2D eigenvalue weighted by molar-refractivity contribution is -0.117. The molecule has 0 unspecified atom stereocenters. The molecule has 1 N–H and O–H groups in total. The number of hydrogen-bond acceptors (Lipinski definition) is 5. The van der Waals surface area contributed by atoms with E-state index in [1.54, 1.807) is 30.7 Å². The van der Waals surface area contributed by atoms with Crippen molar-refractivity contribution in [3.63, 3.8) is 0 Å². The zero-order chi connectivity index (χ0) is 20.5. The van der Waals surface area contributed by atoms with Crippen molar-refractivity contribution in [1.29, 1.82) is 0 Å². The molecule has 148 valence electrons. The summed E-state index contributed by atoms with van der Waals surface area (Å²) in [6, 6.07) is 5.41. The molecule has 3 aromatic heterocycles. The highest BCUT2D eigenvalue weighted by Crippen LogP contribution is 2.34. The lowest BCUT2D eigenvalue weighted by atomic mass is 10.0. The fourth-order valence-electron chi connectivity index (χ4n) is 3.24. The van der Waals surface area contributed by atoms with Gasteiger partial charge in [0.05, 0.1) is 11.6 Å². The molecule has 1 fully saturated rings. The van der Waals surface area contributed by atoms with Gasteiger partial charge in [0, 0.05) is 41.3 Å². The topological polar surface area (TPSA) is 84.8 Å². The molecule has 0 radical (unpaired) electrons. The van der Waals surface area contributed by atoms with Crippen LogP contribution in [0.2, 0.25) is 0 Å². The number of nitrogens with zero attached hydrogens (tertiary/aromatic N) is 3. The highest BCUT2D eigenvalue weighted by molar-refractivity contribution is 5.96. The number of nitrogens with one attached hydrogen (secondary N) is 1. The first-order valence-electron chi connectivity index (χ1n) is 9.67. The number of alkyl halides is 1. The Morgan fingerprint density at radius 2 is 1.83 bits per heavy atom. The fourth-order valence-corrected chi connectivity index (χ4v) is 3.24. The maximum absolute atomic E-state index is 13.0. The Kier molecular flexibility index (Phi) is 5.05. The van der Waals surface area contributed by atoms with Crippen LogP contribution in [-0.2, 0) is 4.79 Å². The van der Waals surface area contributed by atoms with Gasteiger partial charge in [-0.15, -0.1) is 0 Å². The third kappa shape index (κ3) is 3.99. The summed E-state index contributed by atoms with van der Waals surface area (Å²) in [6.07, 6.45) is 5.54. The van der Waals surface area contributed by atoms with E-state index in [1.165, 1.54) is 0 Å². The van der Waals surface area contributed by atoms with Gasteiger partial charge in [-0.1, -0.05) is 6.92 Å². The number of halogens is 1. The summed E-state index contributed by atoms with van der Waals surface area (Å²) in [4.78, 5) is 37.0. The molecule has 1 aliphatic rings. The van der Waals surface area contributed by atoms with Gasteiger partial charge in [-0.2, -0.15) is 0 Å². The Morgan fingerprint density at radius 1 is 1.10 bits per heavy atom. The number of anilines is 1. The molecular weight excluding hydrogens is 371 g/mol. The van der Waals surface area contributed by atoms with Gasteiger partial charge < -0.3 is 5.32 Å². The van der Waals surface area contributed by atoms with Crippen molar-refractivity contribution in [3.8, 4) is 11.3 Å². The molecule has 1 amide bonds. The average molecular weight is 392 g/mol. The second-order valence-electron chi connectivity index (χ2n) is 7.39. The van der Waals surface area contributed by atoms with Crippen LogP contribution in [0.3, 0.4) is 0 Å². The molecule has 0 bridgehead atoms. The van der Waals surface area contributed by atoms with Crippen LogP contribution in [0.1, 0.15) is 42.2 Å². The number of carbonyl (C=O) groups is 2. The highest BCUT2D eigenvalue weighted by Gasteiger charge is 2.43. The molecular formula is C22H21FN4O2. The summed E-state index contributed by atoms with van der Waals surface area (Å²) in [5.74, 6) is -0.477. The predicted molar refractivity (Wildman–Crippen MR) is 108 cm³/mol. The largest absolute Gasteiger partial charge is 0.310 e. The number of Topliss-reactive ketones (excluding diaryl/α,β-unsaturated/α-hetero) is 1. The van der Waals surface area contributed by atoms with Gasteiger partial charge in [0.2, 0.25) is 5.91 Å². The minimum atomic E-state index is -1.04. The molecule has 1 saturated carbocycles. The quantitative estimate of drug-likeness (QED) is 0.633. The second-order valence-corrected chi connectivity index (χ2v) is 7.39. The van der Waals surface area contributed by atoms with Gasteiger partial charge in [0.1, 0.15) is 17.7 Å². The van der Waals surface area contributed by atoms with E-state index < -0.39 is 12.1 Å². The number of aromatic nitrogens is 3. The maximum atomic E-state index is 13.0. The lowest BCUT2D eigenvalue weighted by Crippen LogP contribution is -2.15. The fraction of sp³-hybridized carbons (Fsp3) is 0.318. The minimum Gasteiger partial charge on any atom is -0.310 e. The Hall–Kier alpha value is -3.22. The number of carbonyl (C=O) groups excluding carboxylic acids is 2. The van der Waals surface area contributed by atoms with E-state index in [2.05, 4.69) is 20.3 Å². The SMILES string of the molecule is CCCC(=O)c1cc(C)c(-c2cc3cnc(NC(=O)[C@@H]4C[C@@H]4F)cc3cn2)cn1. The van der Waals surface area contributed by atoms with E-state index >= 15 is 0 Å². The summed E-state index contributed by atoms with van der Waals surface area (Å²) in [5.41, 5.74) is 2.98. The van der Waals surface area contributed by atoms with Crippen LogP contribution < -0.4 is 5.32 Å². The van der Waals surface area contributed by atoms with Crippen LogP contribution in [0.25, 0.3) is 22.0 Å². The van der Waals surface area contributed by atoms with Crippen LogP contribution in [0.5, 0.6) is 0 Å². The van der Waals surface area contributed by atoms with Crippen molar-refractivity contribution in [2.45, 2.75) is 39.3 Å². The van der Waals surface area contributed by atoms with Gasteiger partial charge in [-0.25, -0.2) is 9.37 Å². The molecule has 0 spiro atoms. The predicted octanol–water partition coefficient (Wildman–Crippen LogP) is 4.28. The van der Waals surface area contributed by atoms with Crippen molar-refractivity contribution in [2.24, 2.45) is 5.92 Å². The number of hydrogen-bond donors (Lipinski definition) is 1. The summed E-state index contributed by atoms with van der Waals surface area (Å²) < 4.78 is 13.0. The monoisotopic (exact) mass is 392 g/mol. The standard InChI is InChI=1S/C22H21FN4O2/c1-3-4-20(28)19-5-12(2)16(11-25-19)18-6-13-10-26-21(7-14(13)9-24-18)27-22(29)15-8-17(15)23/h5-7,9-11,15,17H,3-4,8H2,1-2H3,(H,26,27,29)/t15-,17+/m1/s1. The number of pyridine rings is 3. The maximum Gasteiger partial charge on any atom is 0.231 e. The van der Waals surface area contributed by atoms with E-state index in [9.17, 15) is 14.0 Å². The third-order valence-electron chi connectivity index (χ3n) is 5.05. The van der Waals surface area contributed by atoms with E-state index in [0.717, 1.165) is 34.0 Å². The van der Waals surface area contributed by atoms with E-state index in [1.807, 2.05) is 19.9 Å².